The highest BCUT2D eigenvalue weighted by atomic mass is 16.2. The van der Waals surface area contributed by atoms with Crippen LogP contribution in [0.5, 0.6) is 0 Å². The zero-order valence-corrected chi connectivity index (χ0v) is 11.3. The molecule has 1 saturated heterocycles. The molecule has 1 aliphatic heterocycles. The Hall–Kier alpha value is -0.570. The van der Waals surface area contributed by atoms with E-state index in [2.05, 4.69) is 37.9 Å². The van der Waals surface area contributed by atoms with Gasteiger partial charge in [0.25, 0.3) is 0 Å². The number of carbonyl (C=O) groups is 1. The highest BCUT2D eigenvalue weighted by Gasteiger charge is 2.35. The van der Waals surface area contributed by atoms with Crippen LogP contribution in [0.1, 0.15) is 47.0 Å². The predicted octanol–water partition coefficient (Wildman–Crippen LogP) is 2.02. The smallest absolute Gasteiger partial charge is 0.240 e. The van der Waals surface area contributed by atoms with Gasteiger partial charge in [-0.1, -0.05) is 20.8 Å². The lowest BCUT2D eigenvalue weighted by Crippen LogP contribution is -2.55. The molecule has 1 heterocycles. The van der Waals surface area contributed by atoms with Gasteiger partial charge in [-0.25, -0.2) is 0 Å². The van der Waals surface area contributed by atoms with Gasteiger partial charge in [0.15, 0.2) is 0 Å². The molecule has 0 saturated carbocycles. The molecular formula is C13H26N2O. The van der Waals surface area contributed by atoms with Crippen molar-refractivity contribution in [3.05, 3.63) is 0 Å². The maximum atomic E-state index is 12.4. The molecule has 2 atom stereocenters. The lowest BCUT2D eigenvalue weighted by atomic mass is 9.85. The Morgan fingerprint density at radius 1 is 1.38 bits per heavy atom. The predicted molar refractivity (Wildman–Crippen MR) is 67.3 cm³/mol. The fourth-order valence-electron chi connectivity index (χ4n) is 2.52. The zero-order chi connectivity index (χ0) is 12.3. The van der Waals surface area contributed by atoms with Crippen molar-refractivity contribution in [3.8, 4) is 0 Å². The molecule has 94 valence electrons. The van der Waals surface area contributed by atoms with Crippen LogP contribution in [0, 0.1) is 5.41 Å². The van der Waals surface area contributed by atoms with E-state index in [-0.39, 0.29) is 17.4 Å². The average Bonchev–Trinajstić information content (AvgIpc) is 2.17. The van der Waals surface area contributed by atoms with Crippen LogP contribution in [-0.2, 0) is 4.79 Å². The SMILES string of the molecule is CN[C@H](C(=O)N1CCCC[C@H]1C)C(C)(C)C. The number of nitrogens with one attached hydrogen (secondary N) is 1. The Balaban J connectivity index is 2.74. The first kappa shape index (κ1) is 13.5. The van der Waals surface area contributed by atoms with Crippen LogP contribution in [0.15, 0.2) is 0 Å². The number of piperidine rings is 1. The van der Waals surface area contributed by atoms with Gasteiger partial charge in [0.1, 0.15) is 0 Å². The molecule has 1 amide bonds. The first-order valence-electron chi connectivity index (χ1n) is 6.35. The molecule has 0 bridgehead atoms. The van der Waals surface area contributed by atoms with Gasteiger partial charge < -0.3 is 10.2 Å². The third-order valence-electron chi connectivity index (χ3n) is 3.49. The minimum atomic E-state index is -0.0759. The van der Waals surface area contributed by atoms with Crippen LogP contribution in [0.3, 0.4) is 0 Å². The summed E-state index contributed by atoms with van der Waals surface area (Å²) in [6.07, 6.45) is 3.55. The van der Waals surface area contributed by atoms with Gasteiger partial charge in [0, 0.05) is 12.6 Å². The second-order valence-corrected chi connectivity index (χ2v) is 5.96. The molecule has 0 unspecified atom stereocenters. The molecule has 1 aliphatic rings. The minimum Gasteiger partial charge on any atom is -0.339 e. The lowest BCUT2D eigenvalue weighted by Gasteiger charge is -2.39. The van der Waals surface area contributed by atoms with Crippen molar-refractivity contribution in [2.75, 3.05) is 13.6 Å². The fourth-order valence-corrected chi connectivity index (χ4v) is 2.52. The van der Waals surface area contributed by atoms with E-state index in [1.165, 1.54) is 6.42 Å². The van der Waals surface area contributed by atoms with Crippen molar-refractivity contribution in [1.29, 1.82) is 0 Å². The van der Waals surface area contributed by atoms with Gasteiger partial charge in [-0.3, -0.25) is 4.79 Å². The first-order chi connectivity index (χ1) is 7.38. The molecule has 1 fully saturated rings. The van der Waals surface area contributed by atoms with E-state index in [1.807, 2.05) is 7.05 Å². The number of rotatable bonds is 2. The molecular weight excluding hydrogens is 200 g/mol. The van der Waals surface area contributed by atoms with E-state index >= 15 is 0 Å². The minimum absolute atomic E-state index is 0.0248. The summed E-state index contributed by atoms with van der Waals surface area (Å²) in [4.78, 5) is 14.5. The summed E-state index contributed by atoms with van der Waals surface area (Å²) in [6.45, 7) is 9.42. The molecule has 0 radical (unpaired) electrons. The van der Waals surface area contributed by atoms with E-state index in [0.717, 1.165) is 19.4 Å². The number of carbonyl (C=O) groups excluding carboxylic acids is 1. The fraction of sp³-hybridized carbons (Fsp3) is 0.923. The van der Waals surface area contributed by atoms with E-state index in [0.29, 0.717) is 6.04 Å². The number of amides is 1. The molecule has 1 N–H and O–H groups in total. The Bertz CT molecular complexity index is 245. The molecule has 3 heteroatoms. The van der Waals surface area contributed by atoms with Gasteiger partial charge in [-0.05, 0) is 38.6 Å². The normalized spacial score (nSPS) is 24.3. The second kappa shape index (κ2) is 5.17. The number of hydrogen-bond acceptors (Lipinski definition) is 2. The average molecular weight is 226 g/mol. The van der Waals surface area contributed by atoms with Gasteiger partial charge in [0.05, 0.1) is 6.04 Å². The molecule has 1 rings (SSSR count). The molecule has 0 aliphatic carbocycles. The number of nitrogens with zero attached hydrogens (tertiary/aromatic N) is 1. The van der Waals surface area contributed by atoms with E-state index in [1.54, 1.807) is 0 Å². The van der Waals surface area contributed by atoms with Gasteiger partial charge in [-0.2, -0.15) is 0 Å². The molecule has 3 nitrogen and oxygen atoms in total. The first-order valence-corrected chi connectivity index (χ1v) is 6.35. The molecule has 0 spiro atoms. The topological polar surface area (TPSA) is 32.3 Å². The van der Waals surface area contributed by atoms with Crippen LogP contribution in [0.4, 0.5) is 0 Å². The summed E-state index contributed by atoms with van der Waals surface area (Å²) in [5, 5.41) is 3.17. The monoisotopic (exact) mass is 226 g/mol. The highest BCUT2D eigenvalue weighted by molar-refractivity contribution is 5.83. The summed E-state index contributed by atoms with van der Waals surface area (Å²) >= 11 is 0. The molecule has 0 aromatic rings. The standard InChI is InChI=1S/C13H26N2O/c1-10-8-6-7-9-15(10)12(16)11(14-5)13(2,3)4/h10-11,14H,6-9H2,1-5H3/t10-,11-/m1/s1. The van der Waals surface area contributed by atoms with Gasteiger partial charge in [0.2, 0.25) is 5.91 Å². The quantitative estimate of drug-likeness (QED) is 0.781. The van der Waals surface area contributed by atoms with Crippen molar-refractivity contribution >= 4 is 5.91 Å². The van der Waals surface area contributed by atoms with Crippen LogP contribution in [0.25, 0.3) is 0 Å². The van der Waals surface area contributed by atoms with Crippen molar-refractivity contribution in [1.82, 2.24) is 10.2 Å². The van der Waals surface area contributed by atoms with Crippen molar-refractivity contribution in [2.45, 2.75) is 59.0 Å². The zero-order valence-electron chi connectivity index (χ0n) is 11.3. The molecule has 0 aromatic heterocycles. The van der Waals surface area contributed by atoms with Crippen molar-refractivity contribution < 1.29 is 4.79 Å². The summed E-state index contributed by atoms with van der Waals surface area (Å²) in [5.74, 6) is 0.266. The van der Waals surface area contributed by atoms with Crippen LogP contribution in [-0.4, -0.2) is 36.5 Å². The Morgan fingerprint density at radius 3 is 2.44 bits per heavy atom. The van der Waals surface area contributed by atoms with Crippen LogP contribution < -0.4 is 5.32 Å². The third kappa shape index (κ3) is 2.97. The van der Waals surface area contributed by atoms with Gasteiger partial charge in [-0.15, -0.1) is 0 Å². The second-order valence-electron chi connectivity index (χ2n) is 5.96. The van der Waals surface area contributed by atoms with Gasteiger partial charge >= 0.3 is 0 Å². The maximum absolute atomic E-state index is 12.4. The lowest BCUT2D eigenvalue weighted by molar-refractivity contribution is -0.139. The number of likely N-dealkylation sites (tertiary alicyclic amines) is 1. The largest absolute Gasteiger partial charge is 0.339 e. The van der Waals surface area contributed by atoms with Crippen LogP contribution in [0.2, 0.25) is 0 Å². The van der Waals surface area contributed by atoms with E-state index < -0.39 is 0 Å². The van der Waals surface area contributed by atoms with Crippen LogP contribution >= 0.6 is 0 Å². The summed E-state index contributed by atoms with van der Waals surface area (Å²) in [5.41, 5.74) is -0.0248. The molecule has 0 aromatic carbocycles. The van der Waals surface area contributed by atoms with Crippen molar-refractivity contribution in [2.24, 2.45) is 5.41 Å². The van der Waals surface area contributed by atoms with E-state index in [4.69, 9.17) is 0 Å². The third-order valence-corrected chi connectivity index (χ3v) is 3.49. The summed E-state index contributed by atoms with van der Waals surface area (Å²) in [7, 11) is 1.88. The maximum Gasteiger partial charge on any atom is 0.240 e. The van der Waals surface area contributed by atoms with Crippen molar-refractivity contribution in [3.63, 3.8) is 0 Å². The Labute approximate surface area is 99.6 Å². The Kier molecular flexibility index (Phi) is 4.36. The number of likely N-dealkylation sites (N-methyl/N-ethyl adjacent to an activating group) is 1. The highest BCUT2D eigenvalue weighted by Crippen LogP contribution is 2.24. The molecule has 16 heavy (non-hydrogen) atoms. The van der Waals surface area contributed by atoms with E-state index in [9.17, 15) is 4.79 Å². The summed E-state index contributed by atoms with van der Waals surface area (Å²) < 4.78 is 0. The number of hydrogen-bond donors (Lipinski definition) is 1. The summed E-state index contributed by atoms with van der Waals surface area (Å²) in [6, 6.07) is 0.326. The Morgan fingerprint density at radius 2 is 2.00 bits per heavy atom.